The predicted molar refractivity (Wildman–Crippen MR) is 76.3 cm³/mol. The average molecular weight is 347 g/mol. The van der Waals surface area contributed by atoms with Gasteiger partial charge in [-0.1, -0.05) is 0 Å². The van der Waals surface area contributed by atoms with Crippen LogP contribution in [0.1, 0.15) is 18.3 Å². The molecule has 0 fully saturated rings. The van der Waals surface area contributed by atoms with Gasteiger partial charge in [-0.05, 0) is 48.0 Å². The molecule has 0 atom stereocenters. The van der Waals surface area contributed by atoms with Gasteiger partial charge in [0.05, 0.1) is 15.9 Å². The minimum Gasteiger partial charge on any atom is -0.268 e. The monoisotopic (exact) mass is 346 g/mol. The Balaban J connectivity index is 2.16. The maximum Gasteiger partial charge on any atom is 0.159 e. The van der Waals surface area contributed by atoms with Crippen molar-refractivity contribution >= 4 is 27.7 Å². The van der Waals surface area contributed by atoms with Gasteiger partial charge in [-0.15, -0.1) is 11.8 Å². The standard InChI is InChI=1S/C13H13BrF2N2S/c1-3-18-12(13(14)8(2)17-18)7-19-9-4-5-10(15)11(16)6-9/h4-6H,3,7H2,1-2H3. The normalized spacial score (nSPS) is 11.0. The van der Waals surface area contributed by atoms with Crippen molar-refractivity contribution in [3.8, 4) is 0 Å². The van der Waals surface area contributed by atoms with E-state index in [1.165, 1.54) is 17.8 Å². The third kappa shape index (κ3) is 3.17. The van der Waals surface area contributed by atoms with E-state index in [1.54, 1.807) is 6.07 Å². The Morgan fingerprint density at radius 3 is 2.68 bits per heavy atom. The Kier molecular flexibility index (Phi) is 4.62. The van der Waals surface area contributed by atoms with Crippen LogP contribution in [0.25, 0.3) is 0 Å². The molecule has 102 valence electrons. The number of rotatable bonds is 4. The maximum atomic E-state index is 13.1. The van der Waals surface area contributed by atoms with Crippen molar-refractivity contribution in [3.05, 3.63) is 45.7 Å². The average Bonchev–Trinajstić information content (AvgIpc) is 2.67. The van der Waals surface area contributed by atoms with Crippen molar-refractivity contribution in [1.82, 2.24) is 9.78 Å². The third-order valence-corrected chi connectivity index (χ3v) is 4.76. The fourth-order valence-electron chi connectivity index (χ4n) is 1.73. The largest absolute Gasteiger partial charge is 0.268 e. The summed E-state index contributed by atoms with van der Waals surface area (Å²) < 4.78 is 28.8. The van der Waals surface area contributed by atoms with Crippen LogP contribution in [-0.4, -0.2) is 9.78 Å². The number of halogens is 3. The van der Waals surface area contributed by atoms with Crippen LogP contribution < -0.4 is 0 Å². The molecule has 1 heterocycles. The first-order chi connectivity index (χ1) is 9.02. The lowest BCUT2D eigenvalue weighted by atomic mass is 10.3. The van der Waals surface area contributed by atoms with Gasteiger partial charge in [-0.25, -0.2) is 8.78 Å². The van der Waals surface area contributed by atoms with Gasteiger partial charge < -0.3 is 0 Å². The first-order valence-corrected chi connectivity index (χ1v) is 7.60. The Bertz CT molecular complexity index is 599. The topological polar surface area (TPSA) is 17.8 Å². The molecule has 1 aromatic heterocycles. The highest BCUT2D eigenvalue weighted by Gasteiger charge is 2.12. The molecular formula is C13H13BrF2N2S. The van der Waals surface area contributed by atoms with Crippen LogP contribution in [0, 0.1) is 18.6 Å². The number of aromatic nitrogens is 2. The molecule has 2 rings (SSSR count). The molecule has 0 aliphatic carbocycles. The molecule has 6 heteroatoms. The van der Waals surface area contributed by atoms with E-state index in [0.717, 1.165) is 28.5 Å². The van der Waals surface area contributed by atoms with E-state index in [9.17, 15) is 8.78 Å². The molecule has 0 N–H and O–H groups in total. The lowest BCUT2D eigenvalue weighted by Gasteiger charge is -2.06. The van der Waals surface area contributed by atoms with Crippen molar-refractivity contribution in [2.24, 2.45) is 0 Å². The maximum absolute atomic E-state index is 13.1. The number of hydrogen-bond donors (Lipinski definition) is 0. The molecule has 0 saturated carbocycles. The lowest BCUT2D eigenvalue weighted by Crippen LogP contribution is -2.01. The van der Waals surface area contributed by atoms with Crippen LogP contribution in [0.15, 0.2) is 27.6 Å². The number of thioether (sulfide) groups is 1. The van der Waals surface area contributed by atoms with E-state index in [4.69, 9.17) is 0 Å². The number of nitrogens with zero attached hydrogens (tertiary/aromatic N) is 2. The first kappa shape index (κ1) is 14.5. The van der Waals surface area contributed by atoms with Gasteiger partial charge in [0.2, 0.25) is 0 Å². The molecule has 0 unspecified atom stereocenters. The fraction of sp³-hybridized carbons (Fsp3) is 0.308. The zero-order valence-electron chi connectivity index (χ0n) is 10.6. The highest BCUT2D eigenvalue weighted by molar-refractivity contribution is 9.10. The molecule has 2 aromatic rings. The summed E-state index contributed by atoms with van der Waals surface area (Å²) in [5.41, 5.74) is 1.98. The molecular weight excluding hydrogens is 334 g/mol. The van der Waals surface area contributed by atoms with Gasteiger partial charge >= 0.3 is 0 Å². The Morgan fingerprint density at radius 1 is 1.32 bits per heavy atom. The smallest absolute Gasteiger partial charge is 0.159 e. The van der Waals surface area contributed by atoms with Crippen molar-refractivity contribution in [3.63, 3.8) is 0 Å². The van der Waals surface area contributed by atoms with Crippen LogP contribution in [0.5, 0.6) is 0 Å². The summed E-state index contributed by atoms with van der Waals surface area (Å²) in [6, 6.07) is 3.94. The number of aryl methyl sites for hydroxylation is 2. The second-order valence-corrected chi connectivity index (χ2v) is 5.87. The molecule has 0 saturated heterocycles. The van der Waals surface area contributed by atoms with Crippen LogP contribution >= 0.6 is 27.7 Å². The van der Waals surface area contributed by atoms with Crippen LogP contribution in [0.2, 0.25) is 0 Å². The van der Waals surface area contributed by atoms with Crippen molar-refractivity contribution in [2.45, 2.75) is 31.0 Å². The zero-order chi connectivity index (χ0) is 14.0. The summed E-state index contributed by atoms with van der Waals surface area (Å²) in [7, 11) is 0. The summed E-state index contributed by atoms with van der Waals surface area (Å²) in [5.74, 6) is -0.982. The summed E-state index contributed by atoms with van der Waals surface area (Å²) in [5, 5.41) is 4.39. The number of hydrogen-bond acceptors (Lipinski definition) is 2. The van der Waals surface area contributed by atoms with E-state index in [2.05, 4.69) is 21.0 Å². The van der Waals surface area contributed by atoms with Gasteiger partial charge in [0.1, 0.15) is 0 Å². The Hall–Kier alpha value is -0.880. The molecule has 0 radical (unpaired) electrons. The van der Waals surface area contributed by atoms with E-state index in [0.29, 0.717) is 10.6 Å². The predicted octanol–water partition coefficient (Wildman–Crippen LogP) is 4.54. The van der Waals surface area contributed by atoms with Gasteiger partial charge in [0.25, 0.3) is 0 Å². The molecule has 0 amide bonds. The summed E-state index contributed by atoms with van der Waals surface area (Å²) in [6.07, 6.45) is 0. The second kappa shape index (κ2) is 6.05. The summed E-state index contributed by atoms with van der Waals surface area (Å²) in [4.78, 5) is 0.701. The second-order valence-electron chi connectivity index (χ2n) is 4.03. The first-order valence-electron chi connectivity index (χ1n) is 5.82. The van der Waals surface area contributed by atoms with Gasteiger partial charge in [-0.2, -0.15) is 5.10 Å². The summed E-state index contributed by atoms with van der Waals surface area (Å²) >= 11 is 4.97. The fourth-order valence-corrected chi connectivity index (χ4v) is 3.28. The van der Waals surface area contributed by atoms with Crippen molar-refractivity contribution in [2.75, 3.05) is 0 Å². The highest BCUT2D eigenvalue weighted by Crippen LogP contribution is 2.29. The highest BCUT2D eigenvalue weighted by atomic mass is 79.9. The minimum atomic E-state index is -0.819. The Labute approximate surface area is 123 Å². The van der Waals surface area contributed by atoms with E-state index in [1.807, 2.05) is 18.5 Å². The van der Waals surface area contributed by atoms with Crippen molar-refractivity contribution in [1.29, 1.82) is 0 Å². The molecule has 0 bridgehead atoms. The van der Waals surface area contributed by atoms with E-state index >= 15 is 0 Å². The van der Waals surface area contributed by atoms with Gasteiger partial charge in [-0.3, -0.25) is 4.68 Å². The SMILES string of the molecule is CCn1nc(C)c(Br)c1CSc1ccc(F)c(F)c1. The molecule has 0 aliphatic rings. The molecule has 0 spiro atoms. The van der Waals surface area contributed by atoms with Crippen LogP contribution in [0.3, 0.4) is 0 Å². The molecule has 19 heavy (non-hydrogen) atoms. The Morgan fingerprint density at radius 2 is 2.05 bits per heavy atom. The molecule has 2 nitrogen and oxygen atoms in total. The molecule has 1 aromatic carbocycles. The third-order valence-electron chi connectivity index (χ3n) is 2.72. The van der Waals surface area contributed by atoms with Gasteiger partial charge in [0, 0.05) is 17.2 Å². The lowest BCUT2D eigenvalue weighted by molar-refractivity contribution is 0.506. The van der Waals surface area contributed by atoms with E-state index in [-0.39, 0.29) is 0 Å². The summed E-state index contributed by atoms with van der Waals surface area (Å²) in [6.45, 7) is 4.73. The minimum absolute atomic E-state index is 0.653. The number of benzene rings is 1. The van der Waals surface area contributed by atoms with Gasteiger partial charge in [0.15, 0.2) is 11.6 Å². The van der Waals surface area contributed by atoms with E-state index < -0.39 is 11.6 Å². The molecule has 0 aliphatic heterocycles. The van der Waals surface area contributed by atoms with Crippen LogP contribution in [0.4, 0.5) is 8.78 Å². The van der Waals surface area contributed by atoms with Crippen molar-refractivity contribution < 1.29 is 8.78 Å². The quantitative estimate of drug-likeness (QED) is 0.756. The van der Waals surface area contributed by atoms with Crippen LogP contribution in [-0.2, 0) is 12.3 Å². The zero-order valence-corrected chi connectivity index (χ0v) is 13.0.